The van der Waals surface area contributed by atoms with Gasteiger partial charge in [0.05, 0.1) is 17.8 Å². The average Bonchev–Trinajstić information content (AvgIpc) is 3.59. The molecule has 0 fully saturated rings. The number of anilines is 2. The number of rotatable bonds is 10. The SMILES string of the molecule is C=CC=CC(=C)C(=C)C=CC(=C)N(c1cccc2ccccc2occ1)c1cc2c3c(c1)c1ccccc1n3C(C=C)C2C=C. The van der Waals surface area contributed by atoms with Crippen molar-refractivity contribution in [2.24, 2.45) is 0 Å². The topological polar surface area (TPSA) is 21.3 Å². The molecule has 3 heteroatoms. The predicted octanol–water partition coefficient (Wildman–Crippen LogP) is 11.7. The van der Waals surface area contributed by atoms with E-state index >= 15 is 0 Å². The monoisotopic (exact) mass is 584 g/mol. The Bertz CT molecular complexity index is 2100. The molecule has 45 heavy (non-hydrogen) atoms. The fourth-order valence-electron chi connectivity index (χ4n) is 6.21. The largest absolute Gasteiger partial charge is 0.464 e. The fraction of sp³-hybridized carbons (Fsp3) is 0.0476. The number of hydrogen-bond donors (Lipinski definition) is 0. The van der Waals surface area contributed by atoms with Crippen molar-refractivity contribution in [1.29, 1.82) is 0 Å². The van der Waals surface area contributed by atoms with Crippen LogP contribution < -0.4 is 4.90 Å². The molecule has 1 aliphatic rings. The summed E-state index contributed by atoms with van der Waals surface area (Å²) in [6.45, 7) is 25.1. The molecule has 0 radical (unpaired) electrons. The summed E-state index contributed by atoms with van der Waals surface area (Å²) >= 11 is 0. The summed E-state index contributed by atoms with van der Waals surface area (Å²) in [6, 6.07) is 29.3. The van der Waals surface area contributed by atoms with Gasteiger partial charge in [0.1, 0.15) is 5.58 Å². The second-order valence-electron chi connectivity index (χ2n) is 11.0. The first-order valence-corrected chi connectivity index (χ1v) is 14.9. The van der Waals surface area contributed by atoms with Crippen LogP contribution in [0.5, 0.6) is 0 Å². The van der Waals surface area contributed by atoms with Crippen LogP contribution >= 0.6 is 0 Å². The highest BCUT2D eigenvalue weighted by molar-refractivity contribution is 6.12. The third-order valence-electron chi connectivity index (χ3n) is 8.36. The van der Waals surface area contributed by atoms with Gasteiger partial charge in [-0.15, -0.1) is 13.2 Å². The Morgan fingerprint density at radius 1 is 0.733 bits per heavy atom. The molecule has 0 saturated heterocycles. The van der Waals surface area contributed by atoms with Gasteiger partial charge in [0.15, 0.2) is 0 Å². The van der Waals surface area contributed by atoms with E-state index in [4.69, 9.17) is 4.42 Å². The van der Waals surface area contributed by atoms with Crippen LogP contribution in [0.1, 0.15) is 17.5 Å². The smallest absolute Gasteiger partial charge is 0.133 e. The van der Waals surface area contributed by atoms with E-state index in [1.807, 2.05) is 72.9 Å². The molecule has 2 unspecified atom stereocenters. The molecule has 2 aromatic heterocycles. The Kier molecular flexibility index (Phi) is 8.09. The molecule has 0 saturated carbocycles. The minimum absolute atomic E-state index is 0.0727. The average molecular weight is 585 g/mol. The van der Waals surface area contributed by atoms with Crippen LogP contribution in [0, 0.1) is 0 Å². The van der Waals surface area contributed by atoms with Crippen molar-refractivity contribution in [3.8, 4) is 0 Å². The summed E-state index contributed by atoms with van der Waals surface area (Å²) < 4.78 is 8.49. The summed E-state index contributed by atoms with van der Waals surface area (Å²) in [5, 5.41) is 3.37. The number of nitrogens with zero attached hydrogens (tertiary/aromatic N) is 2. The third kappa shape index (κ3) is 5.30. The van der Waals surface area contributed by atoms with Gasteiger partial charge in [0.2, 0.25) is 0 Å². The second-order valence-corrected chi connectivity index (χ2v) is 11.0. The van der Waals surface area contributed by atoms with Crippen molar-refractivity contribution in [2.75, 3.05) is 4.90 Å². The molecule has 6 rings (SSSR count). The maximum atomic E-state index is 6.09. The number of allylic oxidation sites excluding steroid dienone is 9. The van der Waals surface area contributed by atoms with Gasteiger partial charge in [-0.1, -0.05) is 111 Å². The van der Waals surface area contributed by atoms with E-state index in [1.165, 1.54) is 27.4 Å². The first kappa shape index (κ1) is 29.3. The third-order valence-corrected chi connectivity index (χ3v) is 8.36. The normalized spacial score (nSPS) is 15.5. The number of benzene rings is 3. The Morgan fingerprint density at radius 2 is 1.49 bits per heavy atom. The van der Waals surface area contributed by atoms with Crippen molar-refractivity contribution in [3.05, 3.63) is 196 Å². The molecule has 3 nitrogen and oxygen atoms in total. The van der Waals surface area contributed by atoms with Crippen LogP contribution in [0.4, 0.5) is 11.4 Å². The Hall–Kier alpha value is -5.80. The predicted molar refractivity (Wildman–Crippen MR) is 193 cm³/mol. The number of fused-ring (bicyclic) bond motifs is 4. The van der Waals surface area contributed by atoms with Crippen molar-refractivity contribution >= 4 is 44.1 Å². The summed E-state index contributed by atoms with van der Waals surface area (Å²) in [4.78, 5) is 2.15. The molecule has 1 aliphatic heterocycles. The molecular weight excluding hydrogens is 548 g/mol. The lowest BCUT2D eigenvalue weighted by Gasteiger charge is -2.26. The molecule has 220 valence electrons. The summed E-state index contributed by atoms with van der Waals surface area (Å²) in [5.74, 6) is 0.0812. The molecular formula is C42H36N2O. The van der Waals surface area contributed by atoms with E-state index < -0.39 is 0 Å². The minimum atomic E-state index is 0.0727. The number of aromatic nitrogens is 1. The van der Waals surface area contributed by atoms with Crippen molar-refractivity contribution in [3.63, 3.8) is 0 Å². The fourth-order valence-corrected chi connectivity index (χ4v) is 6.21. The van der Waals surface area contributed by atoms with E-state index in [0.717, 1.165) is 39.2 Å². The van der Waals surface area contributed by atoms with E-state index in [2.05, 4.69) is 97.5 Å². The van der Waals surface area contributed by atoms with Gasteiger partial charge in [-0.25, -0.2) is 0 Å². The van der Waals surface area contributed by atoms with Gasteiger partial charge in [0, 0.05) is 44.7 Å². The highest BCUT2D eigenvalue weighted by Crippen LogP contribution is 2.50. The molecule has 2 atom stereocenters. The van der Waals surface area contributed by atoms with Crippen molar-refractivity contribution in [1.82, 2.24) is 4.57 Å². The molecule has 5 aromatic rings. The highest BCUT2D eigenvalue weighted by atomic mass is 16.3. The zero-order valence-electron chi connectivity index (χ0n) is 25.4. The maximum absolute atomic E-state index is 6.09. The lowest BCUT2D eigenvalue weighted by Crippen LogP contribution is -2.14. The standard InChI is InChI=1S/C42H36N2O/c1-7-10-16-29(4)30(5)23-24-31(6)43(33-19-15-18-32-17-11-14-22-41(32)45-26-25-33)34-27-37-35(8-2)39(9-3)44-40-21-13-12-20-36(40)38(28-34)42(37)44/h7-28,35,39H,1-6H2. The van der Waals surface area contributed by atoms with Gasteiger partial charge in [0.25, 0.3) is 0 Å². The lowest BCUT2D eigenvalue weighted by atomic mass is 9.92. The minimum Gasteiger partial charge on any atom is -0.464 e. The maximum Gasteiger partial charge on any atom is 0.133 e. The Labute approximate surface area is 265 Å². The van der Waals surface area contributed by atoms with Crippen LogP contribution in [0.15, 0.2) is 194 Å². The van der Waals surface area contributed by atoms with E-state index in [9.17, 15) is 0 Å². The van der Waals surface area contributed by atoms with Crippen molar-refractivity contribution < 1.29 is 4.42 Å². The van der Waals surface area contributed by atoms with Crippen LogP contribution in [0.3, 0.4) is 0 Å². The molecule has 0 aliphatic carbocycles. The summed E-state index contributed by atoms with van der Waals surface area (Å²) in [6.07, 6.45) is 15.2. The molecule has 0 bridgehead atoms. The quantitative estimate of drug-likeness (QED) is 0.120. The molecule has 0 N–H and O–H groups in total. The van der Waals surface area contributed by atoms with Crippen LogP contribution in [-0.4, -0.2) is 4.57 Å². The van der Waals surface area contributed by atoms with E-state index in [0.29, 0.717) is 0 Å². The van der Waals surface area contributed by atoms with Gasteiger partial charge in [-0.2, -0.15) is 0 Å². The Morgan fingerprint density at radius 3 is 2.29 bits per heavy atom. The highest BCUT2D eigenvalue weighted by Gasteiger charge is 2.34. The van der Waals surface area contributed by atoms with Crippen LogP contribution in [-0.2, 0) is 0 Å². The van der Waals surface area contributed by atoms with Crippen molar-refractivity contribution in [2.45, 2.75) is 12.0 Å². The van der Waals surface area contributed by atoms with Gasteiger partial charge >= 0.3 is 0 Å². The number of para-hydroxylation sites is 2. The first-order chi connectivity index (χ1) is 22.0. The number of hydrogen-bond acceptors (Lipinski definition) is 2. The molecule has 0 amide bonds. The van der Waals surface area contributed by atoms with Gasteiger partial charge in [-0.05, 0) is 59.2 Å². The van der Waals surface area contributed by atoms with Gasteiger partial charge < -0.3 is 13.9 Å². The molecule has 0 spiro atoms. The Balaban J connectivity index is 1.57. The van der Waals surface area contributed by atoms with Crippen LogP contribution in [0.2, 0.25) is 0 Å². The van der Waals surface area contributed by atoms with E-state index in [1.54, 1.807) is 12.3 Å². The molecule has 3 aromatic carbocycles. The van der Waals surface area contributed by atoms with E-state index in [-0.39, 0.29) is 12.0 Å². The summed E-state index contributed by atoms with van der Waals surface area (Å²) in [7, 11) is 0. The van der Waals surface area contributed by atoms with Crippen LogP contribution in [0.25, 0.3) is 32.8 Å². The zero-order chi connectivity index (χ0) is 31.5. The summed E-state index contributed by atoms with van der Waals surface area (Å²) in [5.41, 5.74) is 8.59. The van der Waals surface area contributed by atoms with Gasteiger partial charge in [-0.3, -0.25) is 0 Å². The zero-order valence-corrected chi connectivity index (χ0v) is 25.4. The molecule has 3 heterocycles. The first-order valence-electron chi connectivity index (χ1n) is 14.9. The second kappa shape index (κ2) is 12.4. The lowest BCUT2D eigenvalue weighted by molar-refractivity contribution is 0.607.